The highest BCUT2D eigenvalue weighted by Crippen LogP contribution is 2.20. The first kappa shape index (κ1) is 22.9. The molecule has 0 unspecified atom stereocenters. The van der Waals surface area contributed by atoms with Crippen molar-refractivity contribution in [2.75, 3.05) is 56.6 Å². The molecule has 10 heteroatoms. The van der Waals surface area contributed by atoms with Crippen LogP contribution in [0.1, 0.15) is 11.4 Å². The molecule has 8 nitrogen and oxygen atoms in total. The molecule has 2 aromatic carbocycles. The van der Waals surface area contributed by atoms with Crippen molar-refractivity contribution in [3.8, 4) is 5.75 Å². The summed E-state index contributed by atoms with van der Waals surface area (Å²) in [6.07, 6.45) is 0.597. The number of methoxy groups -OCH3 is 1. The Balaban J connectivity index is 1.17. The molecule has 1 saturated heterocycles. The molecule has 1 aliphatic heterocycles. The summed E-state index contributed by atoms with van der Waals surface area (Å²) in [5.41, 5.74) is 1.69. The fraction of sp³-hybridized carbons (Fsp3) is 0.348. The Kier molecular flexibility index (Phi) is 7.69. The molecule has 1 aliphatic rings. The first-order chi connectivity index (χ1) is 16.1. The smallest absolute Gasteiger partial charge is 0.319 e. The number of halogens is 1. The number of hydrogen-bond acceptors (Lipinski definition) is 7. The van der Waals surface area contributed by atoms with Crippen molar-refractivity contribution in [1.29, 1.82) is 0 Å². The van der Waals surface area contributed by atoms with Crippen molar-refractivity contribution in [3.05, 3.63) is 65.7 Å². The van der Waals surface area contributed by atoms with Crippen LogP contribution in [0.25, 0.3) is 0 Å². The summed E-state index contributed by atoms with van der Waals surface area (Å²) < 4.78 is 22.7. The second-order valence-electron chi connectivity index (χ2n) is 7.74. The van der Waals surface area contributed by atoms with Crippen LogP contribution in [0.15, 0.2) is 48.5 Å². The number of nitrogens with one attached hydrogen (secondary N) is 2. The topological polar surface area (TPSA) is 82.6 Å². The molecule has 0 aliphatic carbocycles. The number of benzene rings is 2. The van der Waals surface area contributed by atoms with E-state index in [4.69, 9.17) is 4.74 Å². The molecule has 1 fully saturated rings. The van der Waals surface area contributed by atoms with Crippen LogP contribution in [-0.4, -0.2) is 66.7 Å². The standard InChI is InChI=1S/C23H27FN6O2S/c1-32-20-4-2-3-19(16-20)26-22(31)25-9-10-29-11-13-30(14-12-29)23-27-21(28-33-23)15-17-5-7-18(24)8-6-17/h2-8,16H,9-15H2,1H3,(H2,25,26,31). The van der Waals surface area contributed by atoms with Gasteiger partial charge in [0.1, 0.15) is 17.4 Å². The van der Waals surface area contributed by atoms with E-state index in [9.17, 15) is 9.18 Å². The Hall–Kier alpha value is -3.24. The molecule has 0 atom stereocenters. The lowest BCUT2D eigenvalue weighted by atomic mass is 10.1. The number of carbonyl (C=O) groups is 1. The summed E-state index contributed by atoms with van der Waals surface area (Å²) in [4.78, 5) is 21.3. The molecule has 0 radical (unpaired) electrons. The molecule has 0 bridgehead atoms. The summed E-state index contributed by atoms with van der Waals surface area (Å²) in [5, 5.41) is 6.63. The first-order valence-electron chi connectivity index (χ1n) is 10.8. The minimum atomic E-state index is -0.240. The highest BCUT2D eigenvalue weighted by Gasteiger charge is 2.20. The highest BCUT2D eigenvalue weighted by molar-refractivity contribution is 7.09. The van der Waals surface area contributed by atoms with Gasteiger partial charge in [-0.15, -0.1) is 0 Å². The maximum Gasteiger partial charge on any atom is 0.319 e. The maximum atomic E-state index is 13.1. The van der Waals surface area contributed by atoms with Crippen LogP contribution < -0.4 is 20.3 Å². The van der Waals surface area contributed by atoms with Gasteiger partial charge in [-0.05, 0) is 29.8 Å². The Morgan fingerprint density at radius 3 is 2.70 bits per heavy atom. The Bertz CT molecular complexity index is 1050. The van der Waals surface area contributed by atoms with Gasteiger partial charge in [-0.3, -0.25) is 4.90 Å². The van der Waals surface area contributed by atoms with Gasteiger partial charge in [0.05, 0.1) is 7.11 Å². The van der Waals surface area contributed by atoms with Crippen molar-refractivity contribution >= 4 is 28.4 Å². The minimum absolute atomic E-state index is 0.232. The molecule has 2 amide bonds. The molecule has 2 heterocycles. The van der Waals surface area contributed by atoms with Gasteiger partial charge in [-0.25, -0.2) is 14.2 Å². The number of urea groups is 1. The van der Waals surface area contributed by atoms with Crippen molar-refractivity contribution in [2.24, 2.45) is 0 Å². The van der Waals surface area contributed by atoms with Crippen LogP contribution >= 0.6 is 11.5 Å². The molecule has 4 rings (SSSR count). The van der Waals surface area contributed by atoms with Crippen LogP contribution in [0.2, 0.25) is 0 Å². The third kappa shape index (κ3) is 6.62. The van der Waals surface area contributed by atoms with E-state index < -0.39 is 0 Å². The quantitative estimate of drug-likeness (QED) is 0.526. The molecule has 3 aromatic rings. The van der Waals surface area contributed by atoms with Gasteiger partial charge < -0.3 is 20.3 Å². The van der Waals surface area contributed by atoms with Crippen molar-refractivity contribution in [3.63, 3.8) is 0 Å². The first-order valence-corrected chi connectivity index (χ1v) is 11.6. The van der Waals surface area contributed by atoms with Crippen molar-refractivity contribution in [2.45, 2.75) is 6.42 Å². The summed E-state index contributed by atoms with van der Waals surface area (Å²) in [5.74, 6) is 1.22. The SMILES string of the molecule is COc1cccc(NC(=O)NCCN2CCN(c3nc(Cc4ccc(F)cc4)ns3)CC2)c1. The van der Waals surface area contributed by atoms with E-state index in [1.165, 1.54) is 23.7 Å². The lowest BCUT2D eigenvalue weighted by Crippen LogP contribution is -2.48. The number of amides is 2. The monoisotopic (exact) mass is 470 g/mol. The second-order valence-corrected chi connectivity index (χ2v) is 8.47. The number of hydrogen-bond donors (Lipinski definition) is 2. The third-order valence-corrected chi connectivity index (χ3v) is 6.23. The fourth-order valence-corrected chi connectivity index (χ4v) is 4.33. The number of rotatable bonds is 8. The van der Waals surface area contributed by atoms with Gasteiger partial charge >= 0.3 is 6.03 Å². The van der Waals surface area contributed by atoms with Crippen molar-refractivity contribution in [1.82, 2.24) is 19.6 Å². The molecule has 0 spiro atoms. The van der Waals surface area contributed by atoms with Gasteiger partial charge in [0.2, 0.25) is 5.13 Å². The van der Waals surface area contributed by atoms with E-state index in [1.54, 1.807) is 25.3 Å². The van der Waals surface area contributed by atoms with Gasteiger partial charge in [0.15, 0.2) is 0 Å². The maximum absolute atomic E-state index is 13.1. The molecule has 1 aromatic heterocycles. The summed E-state index contributed by atoms with van der Waals surface area (Å²) in [6.45, 7) is 4.86. The molecule has 33 heavy (non-hydrogen) atoms. The molecule has 174 valence electrons. The molecular formula is C23H27FN6O2S. The Labute approximate surface area is 196 Å². The van der Waals surface area contributed by atoms with Crippen LogP contribution in [0.5, 0.6) is 5.75 Å². The van der Waals surface area contributed by atoms with E-state index >= 15 is 0 Å². The zero-order valence-electron chi connectivity index (χ0n) is 18.5. The summed E-state index contributed by atoms with van der Waals surface area (Å²) in [7, 11) is 1.59. The summed E-state index contributed by atoms with van der Waals surface area (Å²) in [6, 6.07) is 13.5. The second kappa shape index (κ2) is 11.1. The van der Waals surface area contributed by atoms with Crippen LogP contribution in [-0.2, 0) is 6.42 Å². The highest BCUT2D eigenvalue weighted by atomic mass is 32.1. The lowest BCUT2D eigenvalue weighted by Gasteiger charge is -2.34. The summed E-state index contributed by atoms with van der Waals surface area (Å²) >= 11 is 1.40. The zero-order chi connectivity index (χ0) is 23.0. The number of anilines is 2. The number of piperazine rings is 1. The number of aromatic nitrogens is 2. The van der Waals surface area contributed by atoms with Gasteiger partial charge in [-0.1, -0.05) is 18.2 Å². The van der Waals surface area contributed by atoms with Crippen LogP contribution in [0.3, 0.4) is 0 Å². The Morgan fingerprint density at radius 1 is 1.15 bits per heavy atom. The van der Waals surface area contributed by atoms with Crippen LogP contribution in [0.4, 0.5) is 20.0 Å². The predicted molar refractivity (Wildman–Crippen MR) is 128 cm³/mol. The number of nitrogens with zero attached hydrogens (tertiary/aromatic N) is 4. The Morgan fingerprint density at radius 2 is 1.94 bits per heavy atom. The average molecular weight is 471 g/mol. The average Bonchev–Trinajstić information content (AvgIpc) is 3.29. The van der Waals surface area contributed by atoms with Gasteiger partial charge in [0, 0.05) is 69.0 Å². The number of ether oxygens (including phenoxy) is 1. The van der Waals surface area contributed by atoms with E-state index in [0.717, 1.165) is 49.2 Å². The van der Waals surface area contributed by atoms with E-state index in [2.05, 4.69) is 29.8 Å². The van der Waals surface area contributed by atoms with Gasteiger partial charge in [-0.2, -0.15) is 4.37 Å². The van der Waals surface area contributed by atoms with E-state index in [-0.39, 0.29) is 11.8 Å². The minimum Gasteiger partial charge on any atom is -0.497 e. The number of carbonyl (C=O) groups excluding carboxylic acids is 1. The largest absolute Gasteiger partial charge is 0.497 e. The van der Waals surface area contributed by atoms with Crippen LogP contribution in [0, 0.1) is 5.82 Å². The van der Waals surface area contributed by atoms with Crippen molar-refractivity contribution < 1.29 is 13.9 Å². The van der Waals surface area contributed by atoms with E-state index in [1.807, 2.05) is 18.2 Å². The third-order valence-electron chi connectivity index (χ3n) is 5.42. The van der Waals surface area contributed by atoms with Gasteiger partial charge in [0.25, 0.3) is 0 Å². The normalized spacial score (nSPS) is 14.2. The molecule has 2 N–H and O–H groups in total. The van der Waals surface area contributed by atoms with E-state index in [0.29, 0.717) is 24.4 Å². The molecule has 0 saturated carbocycles. The fourth-order valence-electron chi connectivity index (χ4n) is 3.60. The zero-order valence-corrected chi connectivity index (χ0v) is 19.3. The lowest BCUT2D eigenvalue weighted by molar-refractivity contribution is 0.240. The molecular weight excluding hydrogens is 443 g/mol. The predicted octanol–water partition coefficient (Wildman–Crippen LogP) is 3.22.